The van der Waals surface area contributed by atoms with Crippen LogP contribution in [0.15, 0.2) is 18.7 Å². The van der Waals surface area contributed by atoms with Crippen molar-refractivity contribution in [2.45, 2.75) is 32.2 Å². The van der Waals surface area contributed by atoms with E-state index in [0.29, 0.717) is 12.1 Å². The molecule has 0 aliphatic rings. The number of urea groups is 1. The summed E-state index contributed by atoms with van der Waals surface area (Å²) in [5.74, 6) is -1.04. The molecule has 1 rings (SSSR count). The van der Waals surface area contributed by atoms with Crippen LogP contribution in [0, 0.1) is 0 Å². The van der Waals surface area contributed by atoms with Gasteiger partial charge in [0, 0.05) is 0 Å². The van der Waals surface area contributed by atoms with Crippen molar-refractivity contribution >= 4 is 17.7 Å². The maximum Gasteiger partial charge on any atom is 0.326 e. The molecule has 1 atom stereocenters. The van der Waals surface area contributed by atoms with Crippen molar-refractivity contribution in [1.29, 1.82) is 0 Å². The third-order valence-corrected chi connectivity index (χ3v) is 2.27. The Morgan fingerprint density at radius 2 is 2.06 bits per heavy atom. The summed E-state index contributed by atoms with van der Waals surface area (Å²) in [6.45, 7) is 1.96. The van der Waals surface area contributed by atoms with Crippen molar-refractivity contribution in [2.75, 3.05) is 5.32 Å². The predicted octanol–water partition coefficient (Wildman–Crippen LogP) is 1.24. The van der Waals surface area contributed by atoms with Crippen molar-refractivity contribution in [2.24, 2.45) is 0 Å². The first kappa shape index (κ1) is 13.9. The highest BCUT2D eigenvalue weighted by atomic mass is 16.4. The second-order valence-electron chi connectivity index (χ2n) is 3.76. The average molecular weight is 252 g/mol. The lowest BCUT2D eigenvalue weighted by Gasteiger charge is -2.14. The minimum Gasteiger partial charge on any atom is -0.480 e. The van der Waals surface area contributed by atoms with E-state index in [-0.39, 0.29) is 0 Å². The molecule has 1 unspecified atom stereocenters. The molecule has 1 aromatic rings. The Labute approximate surface area is 105 Å². The van der Waals surface area contributed by atoms with Crippen LogP contribution in [0.4, 0.5) is 10.5 Å². The summed E-state index contributed by atoms with van der Waals surface area (Å²) >= 11 is 0. The monoisotopic (exact) mass is 252 g/mol. The molecule has 0 fully saturated rings. The zero-order valence-corrected chi connectivity index (χ0v) is 10.1. The minimum absolute atomic E-state index is 0.407. The lowest BCUT2D eigenvalue weighted by molar-refractivity contribution is -0.139. The number of hydrogen-bond donors (Lipinski definition) is 3. The maximum atomic E-state index is 11.5. The van der Waals surface area contributed by atoms with E-state index in [9.17, 15) is 9.59 Å². The van der Waals surface area contributed by atoms with Gasteiger partial charge in [-0.25, -0.2) is 19.6 Å². The van der Waals surface area contributed by atoms with Crippen LogP contribution in [0.5, 0.6) is 0 Å². The summed E-state index contributed by atoms with van der Waals surface area (Å²) in [7, 11) is 0. The molecule has 2 amide bonds. The number of unbranched alkanes of at least 4 members (excludes halogenated alkanes) is 1. The van der Waals surface area contributed by atoms with Crippen molar-refractivity contribution in [3.63, 3.8) is 0 Å². The van der Waals surface area contributed by atoms with Crippen molar-refractivity contribution in [3.8, 4) is 0 Å². The smallest absolute Gasteiger partial charge is 0.326 e. The quantitative estimate of drug-likeness (QED) is 0.706. The molecule has 98 valence electrons. The number of aromatic nitrogens is 2. The average Bonchev–Trinajstić information content (AvgIpc) is 2.35. The number of rotatable bonds is 6. The van der Waals surface area contributed by atoms with Crippen LogP contribution in [0.1, 0.15) is 26.2 Å². The largest absolute Gasteiger partial charge is 0.480 e. The molecule has 0 bridgehead atoms. The fourth-order valence-corrected chi connectivity index (χ4v) is 1.35. The molecule has 0 radical (unpaired) electrons. The molecular formula is C11H16N4O3. The molecule has 7 heteroatoms. The molecule has 1 heterocycles. The first-order valence-corrected chi connectivity index (χ1v) is 5.68. The number of hydrogen-bond acceptors (Lipinski definition) is 4. The Balaban J connectivity index is 2.48. The Morgan fingerprint density at radius 3 is 2.61 bits per heavy atom. The number of carboxylic acid groups (broad SMARTS) is 1. The number of nitrogens with one attached hydrogen (secondary N) is 2. The zero-order valence-electron chi connectivity index (χ0n) is 10.1. The molecule has 1 aromatic heterocycles. The maximum absolute atomic E-state index is 11.5. The Morgan fingerprint density at radius 1 is 1.39 bits per heavy atom. The van der Waals surface area contributed by atoms with Crippen LogP contribution in [0.3, 0.4) is 0 Å². The molecule has 0 aromatic carbocycles. The first-order chi connectivity index (χ1) is 8.63. The second kappa shape index (κ2) is 7.21. The third-order valence-electron chi connectivity index (χ3n) is 2.27. The van der Waals surface area contributed by atoms with Gasteiger partial charge in [-0.1, -0.05) is 19.8 Å². The summed E-state index contributed by atoms with van der Waals surface area (Å²) < 4.78 is 0. The standard InChI is InChI=1S/C11H16N4O3/c1-2-3-4-9(10(16)17)15-11(18)14-8-5-12-7-13-6-8/h5-7,9H,2-4H2,1H3,(H,16,17)(H2,14,15,18). The van der Waals surface area contributed by atoms with Gasteiger partial charge in [-0.3, -0.25) is 0 Å². The van der Waals surface area contributed by atoms with Gasteiger partial charge in [0.1, 0.15) is 12.4 Å². The molecule has 0 saturated carbocycles. The lowest BCUT2D eigenvalue weighted by atomic mass is 10.1. The van der Waals surface area contributed by atoms with Crippen LogP contribution in [0.25, 0.3) is 0 Å². The van der Waals surface area contributed by atoms with E-state index >= 15 is 0 Å². The van der Waals surface area contributed by atoms with Gasteiger partial charge >= 0.3 is 12.0 Å². The SMILES string of the molecule is CCCCC(NC(=O)Nc1cncnc1)C(=O)O. The molecule has 7 nitrogen and oxygen atoms in total. The Hall–Kier alpha value is -2.18. The second-order valence-corrected chi connectivity index (χ2v) is 3.76. The van der Waals surface area contributed by atoms with Gasteiger partial charge in [0.2, 0.25) is 0 Å². The molecule has 3 N–H and O–H groups in total. The molecule has 0 aliphatic carbocycles. The van der Waals surface area contributed by atoms with Crippen molar-refractivity contribution in [1.82, 2.24) is 15.3 Å². The van der Waals surface area contributed by atoms with Crippen LogP contribution in [-0.4, -0.2) is 33.1 Å². The van der Waals surface area contributed by atoms with E-state index in [1.54, 1.807) is 0 Å². The van der Waals surface area contributed by atoms with Gasteiger partial charge in [0.05, 0.1) is 18.1 Å². The summed E-state index contributed by atoms with van der Waals surface area (Å²) in [6.07, 6.45) is 6.21. The molecule has 0 spiro atoms. The zero-order chi connectivity index (χ0) is 13.4. The number of carbonyl (C=O) groups is 2. The van der Waals surface area contributed by atoms with E-state index in [0.717, 1.165) is 12.8 Å². The molecular weight excluding hydrogens is 236 g/mol. The highest BCUT2D eigenvalue weighted by Crippen LogP contribution is 2.03. The fraction of sp³-hybridized carbons (Fsp3) is 0.455. The number of nitrogens with zero attached hydrogens (tertiary/aromatic N) is 2. The Kier molecular flexibility index (Phi) is 5.56. The van der Waals surface area contributed by atoms with Crippen molar-refractivity contribution in [3.05, 3.63) is 18.7 Å². The number of carboxylic acids is 1. The Bertz CT molecular complexity index is 397. The fourth-order valence-electron chi connectivity index (χ4n) is 1.35. The summed E-state index contributed by atoms with van der Waals surface area (Å²) in [6, 6.07) is -1.46. The number of carbonyl (C=O) groups excluding carboxylic acids is 1. The van der Waals surface area contributed by atoms with E-state index in [2.05, 4.69) is 20.6 Å². The first-order valence-electron chi connectivity index (χ1n) is 5.68. The molecule has 18 heavy (non-hydrogen) atoms. The summed E-state index contributed by atoms with van der Waals surface area (Å²) in [5.41, 5.74) is 0.412. The van der Waals surface area contributed by atoms with Gasteiger partial charge in [-0.15, -0.1) is 0 Å². The summed E-state index contributed by atoms with van der Waals surface area (Å²) in [4.78, 5) is 29.9. The highest BCUT2D eigenvalue weighted by molar-refractivity contribution is 5.91. The minimum atomic E-state index is -1.04. The van der Waals surface area contributed by atoms with Crippen LogP contribution in [0.2, 0.25) is 0 Å². The van der Waals surface area contributed by atoms with E-state index in [1.807, 2.05) is 6.92 Å². The van der Waals surface area contributed by atoms with Crippen LogP contribution in [-0.2, 0) is 4.79 Å². The number of aliphatic carboxylic acids is 1. The number of amides is 2. The topological polar surface area (TPSA) is 104 Å². The van der Waals surface area contributed by atoms with Gasteiger partial charge < -0.3 is 15.7 Å². The van der Waals surface area contributed by atoms with Gasteiger partial charge in [-0.2, -0.15) is 0 Å². The summed E-state index contributed by atoms with van der Waals surface area (Å²) in [5, 5.41) is 13.8. The molecule has 0 aliphatic heterocycles. The van der Waals surface area contributed by atoms with Crippen LogP contribution >= 0.6 is 0 Å². The third kappa shape index (κ3) is 4.77. The molecule has 0 saturated heterocycles. The van der Waals surface area contributed by atoms with Gasteiger partial charge in [0.15, 0.2) is 0 Å². The van der Waals surface area contributed by atoms with E-state index in [4.69, 9.17) is 5.11 Å². The highest BCUT2D eigenvalue weighted by Gasteiger charge is 2.19. The predicted molar refractivity (Wildman–Crippen MR) is 65.1 cm³/mol. The van der Waals surface area contributed by atoms with E-state index in [1.165, 1.54) is 18.7 Å². The normalized spacial score (nSPS) is 11.6. The van der Waals surface area contributed by atoms with Crippen molar-refractivity contribution < 1.29 is 14.7 Å². The lowest BCUT2D eigenvalue weighted by Crippen LogP contribution is -2.43. The van der Waals surface area contributed by atoms with Crippen LogP contribution < -0.4 is 10.6 Å². The van der Waals surface area contributed by atoms with Gasteiger partial charge in [0.25, 0.3) is 0 Å². The number of anilines is 1. The van der Waals surface area contributed by atoms with Gasteiger partial charge in [-0.05, 0) is 6.42 Å². The van der Waals surface area contributed by atoms with E-state index < -0.39 is 18.0 Å².